The number of amides is 4. The molecule has 4 amide bonds. The second-order valence-corrected chi connectivity index (χ2v) is 15.1. The average Bonchev–Trinajstić information content (AvgIpc) is 4.00. The number of ether oxygens (including phenoxy) is 2. The molecule has 4 aromatic heterocycles. The second kappa shape index (κ2) is 14.7. The van der Waals surface area contributed by atoms with Crippen molar-refractivity contribution in [2.75, 3.05) is 23.8 Å². The van der Waals surface area contributed by atoms with Gasteiger partial charge in [0.1, 0.15) is 41.4 Å². The first kappa shape index (κ1) is 38.0. The summed E-state index contributed by atoms with van der Waals surface area (Å²) in [4.78, 5) is 61.7. The van der Waals surface area contributed by atoms with Crippen molar-refractivity contribution in [1.82, 2.24) is 34.0 Å². The third-order valence-electron chi connectivity index (χ3n) is 11.1. The monoisotopic (exact) mass is 811 g/mol. The van der Waals surface area contributed by atoms with E-state index in [1.807, 2.05) is 49.0 Å². The molecule has 7 N–H and O–H groups in total. The Morgan fingerprint density at radius 2 is 1.32 bits per heavy atom. The third kappa shape index (κ3) is 6.54. The SMILES string of the molecule is CCn1nc(C)cc1C(=O)Nc1nc2cc(C(N)=O)cc3c2n1C(Cc1ccccc1CC1COc2cc(C(N)=O)cc4nc(NC(=O)c5cc(C)[nH][n+]5CC)n1c24)CO3. The van der Waals surface area contributed by atoms with E-state index in [0.717, 1.165) is 16.8 Å². The fourth-order valence-corrected chi connectivity index (χ4v) is 8.39. The molecule has 0 spiro atoms. The number of H-pyrrole nitrogens is 1. The van der Waals surface area contributed by atoms with Crippen molar-refractivity contribution in [3.8, 4) is 11.5 Å². The van der Waals surface area contributed by atoms with Crippen LogP contribution < -0.4 is 36.3 Å². The van der Waals surface area contributed by atoms with Crippen LogP contribution in [0.1, 0.15) is 90.1 Å². The number of imidazole rings is 2. The first-order valence-corrected chi connectivity index (χ1v) is 19.7. The molecule has 2 aliphatic heterocycles. The smallest absolute Gasteiger partial charge is 0.325 e. The summed E-state index contributed by atoms with van der Waals surface area (Å²) in [5.41, 5.74) is 18.4. The second-order valence-electron chi connectivity index (χ2n) is 15.1. The lowest BCUT2D eigenvalue weighted by Crippen LogP contribution is -2.42. The summed E-state index contributed by atoms with van der Waals surface area (Å²) < 4.78 is 19.9. The molecule has 0 radical (unpaired) electrons. The minimum absolute atomic E-state index is 0.209. The van der Waals surface area contributed by atoms with E-state index in [1.54, 1.807) is 45.8 Å². The van der Waals surface area contributed by atoms with Crippen LogP contribution in [0.2, 0.25) is 0 Å². The predicted octanol–water partition coefficient (Wildman–Crippen LogP) is 3.91. The number of aromatic nitrogens is 8. The lowest BCUT2D eigenvalue weighted by Gasteiger charge is -2.30. The van der Waals surface area contributed by atoms with Gasteiger partial charge < -0.3 is 20.9 Å². The summed E-state index contributed by atoms with van der Waals surface area (Å²) in [6, 6.07) is 17.3. The molecule has 18 nitrogen and oxygen atoms in total. The highest BCUT2D eigenvalue weighted by molar-refractivity contribution is 6.05. The van der Waals surface area contributed by atoms with Gasteiger partial charge in [-0.05, 0) is 82.0 Å². The molecule has 0 bridgehead atoms. The molecular weight excluding hydrogens is 769 g/mol. The van der Waals surface area contributed by atoms with Crippen LogP contribution in [-0.2, 0) is 25.9 Å². The number of primary amides is 2. The number of benzene rings is 3. The lowest BCUT2D eigenvalue weighted by atomic mass is 9.94. The molecule has 306 valence electrons. The maximum Gasteiger partial charge on any atom is 0.325 e. The molecule has 9 rings (SSSR count). The van der Waals surface area contributed by atoms with Gasteiger partial charge in [0.05, 0.1) is 34.5 Å². The summed E-state index contributed by atoms with van der Waals surface area (Å²) >= 11 is 0. The highest BCUT2D eigenvalue weighted by Gasteiger charge is 2.34. The Balaban J connectivity index is 1.08. The van der Waals surface area contributed by atoms with Crippen LogP contribution in [-0.4, -0.2) is 70.8 Å². The Morgan fingerprint density at radius 1 is 0.783 bits per heavy atom. The van der Waals surface area contributed by atoms with Gasteiger partial charge in [0.15, 0.2) is 6.54 Å². The number of aryl methyl sites for hydroxylation is 4. The van der Waals surface area contributed by atoms with Crippen molar-refractivity contribution in [1.29, 1.82) is 0 Å². The molecule has 2 aliphatic rings. The predicted molar refractivity (Wildman–Crippen MR) is 219 cm³/mol. The maximum absolute atomic E-state index is 13.8. The van der Waals surface area contributed by atoms with Crippen LogP contribution in [0.5, 0.6) is 11.5 Å². The minimum atomic E-state index is -0.625. The molecule has 6 heterocycles. The zero-order valence-corrected chi connectivity index (χ0v) is 33.4. The normalized spacial score (nSPS) is 15.5. The van der Waals surface area contributed by atoms with Crippen LogP contribution in [0.25, 0.3) is 22.1 Å². The van der Waals surface area contributed by atoms with Crippen LogP contribution in [0, 0.1) is 13.8 Å². The van der Waals surface area contributed by atoms with Crippen LogP contribution >= 0.6 is 0 Å². The lowest BCUT2D eigenvalue weighted by molar-refractivity contribution is -0.748. The van der Waals surface area contributed by atoms with Crippen LogP contribution in [0.4, 0.5) is 11.9 Å². The van der Waals surface area contributed by atoms with Gasteiger partial charge in [-0.2, -0.15) is 10.2 Å². The Morgan fingerprint density at radius 3 is 1.82 bits per heavy atom. The van der Waals surface area contributed by atoms with Crippen molar-refractivity contribution < 1.29 is 33.3 Å². The van der Waals surface area contributed by atoms with Crippen LogP contribution in [0.3, 0.4) is 0 Å². The zero-order valence-electron chi connectivity index (χ0n) is 33.4. The zero-order chi connectivity index (χ0) is 42.0. The molecule has 2 atom stereocenters. The van der Waals surface area contributed by atoms with Gasteiger partial charge in [0, 0.05) is 23.7 Å². The van der Waals surface area contributed by atoms with Gasteiger partial charge in [-0.3, -0.25) is 43.6 Å². The number of hydrogen-bond donors (Lipinski definition) is 5. The molecule has 0 saturated carbocycles. The highest BCUT2D eigenvalue weighted by Crippen LogP contribution is 2.41. The largest absolute Gasteiger partial charge is 0.489 e. The Labute approximate surface area is 342 Å². The average molecular weight is 812 g/mol. The summed E-state index contributed by atoms with van der Waals surface area (Å²) in [5.74, 6) is -0.503. The van der Waals surface area contributed by atoms with Gasteiger partial charge in [0.25, 0.3) is 11.6 Å². The van der Waals surface area contributed by atoms with Gasteiger partial charge in [-0.15, -0.1) is 4.68 Å². The standard InChI is InChI=1S/C42H42N12O6/c1-5-51-31(11-21(3)49-51)39(57)47-41-45-29-15-25(37(43)55)17-33-35(29)53(41)27(19-59-33)13-23-9-7-8-10-24(23)14-28-20-60-34-18-26(38(44)56)16-30-36(34)54(28)42(46-30)48-40(58)32-12-22(4)50-52(32)6-2/h7-12,15-18,27-28H,5-6,13-14,19-20H2,1-4H3,(H6,43,44,45,46,47,48,55,56,57,58)/p+1. The molecule has 60 heavy (non-hydrogen) atoms. The summed E-state index contributed by atoms with van der Waals surface area (Å²) in [6.07, 6.45) is 0.960. The molecular formula is C42H43N12O6+. The number of carbonyl (C=O) groups is 4. The number of nitrogens with one attached hydrogen (secondary N) is 3. The van der Waals surface area contributed by atoms with E-state index >= 15 is 0 Å². The number of rotatable bonds is 12. The van der Waals surface area contributed by atoms with E-state index in [-0.39, 0.29) is 48.2 Å². The van der Waals surface area contributed by atoms with Gasteiger partial charge in [-0.1, -0.05) is 24.3 Å². The first-order chi connectivity index (χ1) is 28.9. The number of carbonyl (C=O) groups excluding carboxylic acids is 4. The fourth-order valence-electron chi connectivity index (χ4n) is 8.39. The van der Waals surface area contributed by atoms with Crippen LogP contribution in [0.15, 0.2) is 60.7 Å². The number of nitrogens with zero attached hydrogens (tertiary/aromatic N) is 7. The Bertz CT molecular complexity index is 2720. The summed E-state index contributed by atoms with van der Waals surface area (Å²) in [6.45, 7) is 9.04. The van der Waals surface area contributed by atoms with E-state index < -0.39 is 11.8 Å². The van der Waals surface area contributed by atoms with E-state index in [2.05, 4.69) is 33.0 Å². The van der Waals surface area contributed by atoms with E-state index in [0.29, 0.717) is 88.5 Å². The van der Waals surface area contributed by atoms with E-state index in [9.17, 15) is 19.2 Å². The first-order valence-electron chi connectivity index (χ1n) is 19.7. The van der Waals surface area contributed by atoms with E-state index in [1.165, 1.54) is 0 Å². The molecule has 3 aromatic carbocycles. The number of aromatic amines is 1. The molecule has 18 heteroatoms. The number of hydrogen-bond acceptors (Lipinski definition) is 9. The Hall–Kier alpha value is -7.50. The maximum atomic E-state index is 13.8. The number of anilines is 2. The van der Waals surface area contributed by atoms with Gasteiger partial charge >= 0.3 is 5.91 Å². The minimum Gasteiger partial charge on any atom is -0.489 e. The van der Waals surface area contributed by atoms with Crippen molar-refractivity contribution >= 4 is 57.6 Å². The highest BCUT2D eigenvalue weighted by atomic mass is 16.5. The quantitative estimate of drug-likeness (QED) is 0.112. The fraction of sp³-hybridized carbons (Fsp3) is 0.286. The van der Waals surface area contributed by atoms with Crippen molar-refractivity contribution in [2.45, 2.75) is 65.7 Å². The van der Waals surface area contributed by atoms with Crippen molar-refractivity contribution in [3.05, 3.63) is 106 Å². The molecule has 0 fully saturated rings. The molecule has 7 aromatic rings. The molecule has 0 aliphatic carbocycles. The third-order valence-corrected chi connectivity index (χ3v) is 11.1. The van der Waals surface area contributed by atoms with Crippen molar-refractivity contribution in [2.24, 2.45) is 11.5 Å². The molecule has 2 unspecified atom stereocenters. The summed E-state index contributed by atoms with van der Waals surface area (Å²) in [7, 11) is 0. The van der Waals surface area contributed by atoms with Crippen molar-refractivity contribution in [3.63, 3.8) is 0 Å². The van der Waals surface area contributed by atoms with E-state index in [4.69, 9.17) is 30.9 Å². The summed E-state index contributed by atoms with van der Waals surface area (Å²) in [5, 5.41) is 13.7. The molecule has 0 saturated heterocycles. The van der Waals surface area contributed by atoms with Gasteiger partial charge in [-0.25, -0.2) is 9.97 Å². The Kier molecular flexibility index (Phi) is 9.32. The topological polar surface area (TPSA) is 236 Å². The van der Waals surface area contributed by atoms with Gasteiger partial charge in [0.2, 0.25) is 23.7 Å². The number of nitrogens with two attached hydrogens (primary N) is 2.